The average molecular weight is 377 g/mol. The number of carbonyl (C=O) groups is 3. The highest BCUT2D eigenvalue weighted by atomic mass is 16.2. The maximum absolute atomic E-state index is 13.3. The number of nitrogens with one attached hydrogen (secondary N) is 1. The number of piperidine rings is 1. The van der Waals surface area contributed by atoms with Gasteiger partial charge in [0.1, 0.15) is 0 Å². The molecule has 1 N–H and O–H groups in total. The summed E-state index contributed by atoms with van der Waals surface area (Å²) in [4.78, 5) is 40.4. The van der Waals surface area contributed by atoms with Gasteiger partial charge in [-0.25, -0.2) is 4.79 Å². The first-order chi connectivity index (χ1) is 13.6. The van der Waals surface area contributed by atoms with Crippen molar-refractivity contribution in [2.24, 2.45) is 0 Å². The molecule has 0 bridgehead atoms. The predicted octanol–water partition coefficient (Wildman–Crippen LogP) is 3.15. The van der Waals surface area contributed by atoms with Gasteiger partial charge in [0.15, 0.2) is 0 Å². The van der Waals surface area contributed by atoms with Crippen LogP contribution in [0.2, 0.25) is 0 Å². The van der Waals surface area contributed by atoms with E-state index in [1.807, 2.05) is 29.2 Å². The van der Waals surface area contributed by atoms with Crippen LogP contribution < -0.4 is 10.2 Å². The minimum Gasteiger partial charge on any atom is -0.338 e. The van der Waals surface area contributed by atoms with Crippen molar-refractivity contribution < 1.29 is 14.4 Å². The van der Waals surface area contributed by atoms with Crippen molar-refractivity contribution in [1.82, 2.24) is 10.2 Å². The Morgan fingerprint density at radius 2 is 1.71 bits per heavy atom. The summed E-state index contributed by atoms with van der Waals surface area (Å²) in [7, 11) is 0. The van der Waals surface area contributed by atoms with Crippen LogP contribution in [-0.4, -0.2) is 42.4 Å². The summed E-state index contributed by atoms with van der Waals surface area (Å²) in [6, 6.07) is 16.9. The van der Waals surface area contributed by atoms with Crippen LogP contribution in [0.1, 0.15) is 41.1 Å². The highest BCUT2D eigenvalue weighted by Crippen LogP contribution is 2.30. The molecule has 2 aliphatic heterocycles. The molecule has 1 atom stereocenters. The van der Waals surface area contributed by atoms with Gasteiger partial charge < -0.3 is 4.90 Å². The summed E-state index contributed by atoms with van der Waals surface area (Å²) in [6.07, 6.45) is 2.24. The molecule has 0 radical (unpaired) electrons. The largest absolute Gasteiger partial charge is 0.338 e. The molecular formula is C22H23N3O3. The fourth-order valence-corrected chi connectivity index (χ4v) is 4.01. The molecule has 144 valence electrons. The monoisotopic (exact) mass is 377 g/mol. The van der Waals surface area contributed by atoms with E-state index in [9.17, 15) is 14.4 Å². The quantitative estimate of drug-likeness (QED) is 0.893. The molecule has 0 aromatic heterocycles. The number of urea groups is 1. The zero-order valence-electron chi connectivity index (χ0n) is 15.6. The molecule has 2 fully saturated rings. The maximum atomic E-state index is 13.3. The van der Waals surface area contributed by atoms with E-state index in [4.69, 9.17) is 0 Å². The molecule has 0 spiro atoms. The van der Waals surface area contributed by atoms with Gasteiger partial charge in [-0.1, -0.05) is 42.5 Å². The van der Waals surface area contributed by atoms with Gasteiger partial charge in [0.05, 0.1) is 11.3 Å². The Kier molecular flexibility index (Phi) is 5.10. The third kappa shape index (κ3) is 3.63. The van der Waals surface area contributed by atoms with Crippen LogP contribution >= 0.6 is 0 Å². The smallest absolute Gasteiger partial charge is 0.328 e. The van der Waals surface area contributed by atoms with Crippen LogP contribution in [0.3, 0.4) is 0 Å². The molecule has 2 aromatic carbocycles. The Morgan fingerprint density at radius 3 is 2.50 bits per heavy atom. The van der Waals surface area contributed by atoms with Crippen molar-refractivity contribution in [3.8, 4) is 0 Å². The van der Waals surface area contributed by atoms with Crippen molar-refractivity contribution in [3.05, 3.63) is 65.7 Å². The first-order valence-electron chi connectivity index (χ1n) is 9.68. The number of nitrogens with zero attached hydrogens (tertiary/aromatic N) is 2. The van der Waals surface area contributed by atoms with Crippen molar-refractivity contribution in [2.45, 2.75) is 25.2 Å². The van der Waals surface area contributed by atoms with Gasteiger partial charge >= 0.3 is 6.03 Å². The second-order valence-corrected chi connectivity index (χ2v) is 7.27. The Labute approximate surface area is 164 Å². The summed E-state index contributed by atoms with van der Waals surface area (Å²) in [5.41, 5.74) is 2.31. The Balaban J connectivity index is 1.57. The lowest BCUT2D eigenvalue weighted by Gasteiger charge is -2.34. The number of benzene rings is 2. The summed E-state index contributed by atoms with van der Waals surface area (Å²) < 4.78 is 0. The second kappa shape index (κ2) is 7.84. The van der Waals surface area contributed by atoms with Crippen molar-refractivity contribution in [3.63, 3.8) is 0 Å². The molecule has 28 heavy (non-hydrogen) atoms. The van der Waals surface area contributed by atoms with Crippen LogP contribution in [0.15, 0.2) is 54.6 Å². The lowest BCUT2D eigenvalue weighted by Crippen LogP contribution is -2.50. The molecule has 6 nitrogen and oxygen atoms in total. The van der Waals surface area contributed by atoms with E-state index in [1.165, 1.54) is 10.5 Å². The third-order valence-electron chi connectivity index (χ3n) is 5.46. The average Bonchev–Trinajstić information content (AvgIpc) is 2.74. The third-order valence-corrected chi connectivity index (χ3v) is 5.46. The highest BCUT2D eigenvalue weighted by molar-refractivity contribution is 6.09. The molecule has 6 heteroatoms. The summed E-state index contributed by atoms with van der Waals surface area (Å²) in [6.45, 7) is 1.66. The standard InChI is InChI=1S/C22H23N3O3/c26-20-12-14-25(22(28)23-20)19-11-5-4-10-18(19)21(27)24-13-6-9-17(15-24)16-7-2-1-3-8-16/h1-5,7-8,10-11,17H,6,9,12-15H2,(H,23,26,28)/t17-/m0/s1. The predicted molar refractivity (Wildman–Crippen MR) is 106 cm³/mol. The van der Waals surface area contributed by atoms with Gasteiger partial charge in [-0.3, -0.25) is 19.8 Å². The fraction of sp³-hybridized carbons (Fsp3) is 0.318. The first-order valence-corrected chi connectivity index (χ1v) is 9.68. The lowest BCUT2D eigenvalue weighted by molar-refractivity contribution is -0.120. The number of hydrogen-bond donors (Lipinski definition) is 1. The van der Waals surface area contributed by atoms with Gasteiger partial charge in [-0.2, -0.15) is 0 Å². The molecule has 0 saturated carbocycles. The zero-order valence-corrected chi connectivity index (χ0v) is 15.6. The topological polar surface area (TPSA) is 69.7 Å². The number of carbonyl (C=O) groups excluding carboxylic acids is 3. The fourth-order valence-electron chi connectivity index (χ4n) is 4.01. The van der Waals surface area contributed by atoms with Gasteiger partial charge in [-0.15, -0.1) is 0 Å². The normalized spacial score (nSPS) is 20.1. The van der Waals surface area contributed by atoms with Crippen LogP contribution in [0.5, 0.6) is 0 Å². The van der Waals surface area contributed by atoms with Crippen molar-refractivity contribution in [2.75, 3.05) is 24.5 Å². The molecule has 4 amide bonds. The van der Waals surface area contributed by atoms with E-state index in [0.717, 1.165) is 12.8 Å². The molecule has 2 aromatic rings. The summed E-state index contributed by atoms with van der Waals surface area (Å²) in [5.74, 6) is -0.0327. The molecule has 2 heterocycles. The number of likely N-dealkylation sites (tertiary alicyclic amines) is 1. The van der Waals surface area contributed by atoms with Crippen molar-refractivity contribution in [1.29, 1.82) is 0 Å². The van der Waals surface area contributed by atoms with Crippen LogP contribution in [0.25, 0.3) is 0 Å². The van der Waals surface area contributed by atoms with Gasteiger partial charge in [0, 0.05) is 32.0 Å². The molecule has 2 aliphatic rings. The SMILES string of the molecule is O=C1CCN(c2ccccc2C(=O)N2CCC[C@H](c3ccccc3)C2)C(=O)N1. The molecule has 0 aliphatic carbocycles. The minimum atomic E-state index is -0.475. The summed E-state index contributed by atoms with van der Waals surface area (Å²) >= 11 is 0. The Morgan fingerprint density at radius 1 is 0.964 bits per heavy atom. The van der Waals surface area contributed by atoms with Crippen LogP contribution in [-0.2, 0) is 4.79 Å². The van der Waals surface area contributed by atoms with Crippen LogP contribution in [0, 0.1) is 0 Å². The highest BCUT2D eigenvalue weighted by Gasteiger charge is 2.30. The molecule has 2 saturated heterocycles. The van der Waals surface area contributed by atoms with Crippen molar-refractivity contribution >= 4 is 23.5 Å². The van der Waals surface area contributed by atoms with Gasteiger partial charge in [0.25, 0.3) is 5.91 Å². The van der Waals surface area contributed by atoms with E-state index in [1.54, 1.807) is 18.2 Å². The molecular weight excluding hydrogens is 354 g/mol. The molecule has 4 rings (SSSR count). The number of amides is 4. The summed E-state index contributed by atoms with van der Waals surface area (Å²) in [5, 5.41) is 2.33. The van der Waals surface area contributed by atoms with Crippen LogP contribution in [0.4, 0.5) is 10.5 Å². The van der Waals surface area contributed by atoms with Gasteiger partial charge in [-0.05, 0) is 30.5 Å². The minimum absolute atomic E-state index is 0.0686. The number of hydrogen-bond acceptors (Lipinski definition) is 3. The van der Waals surface area contributed by atoms with E-state index in [0.29, 0.717) is 30.3 Å². The number of para-hydroxylation sites is 1. The number of anilines is 1. The van der Waals surface area contributed by atoms with Gasteiger partial charge in [0.2, 0.25) is 5.91 Å². The maximum Gasteiger partial charge on any atom is 0.328 e. The molecule has 0 unspecified atom stereocenters. The number of imide groups is 1. The van der Waals surface area contributed by atoms with E-state index < -0.39 is 6.03 Å². The lowest BCUT2D eigenvalue weighted by atomic mass is 9.90. The van der Waals surface area contributed by atoms with E-state index >= 15 is 0 Å². The Bertz CT molecular complexity index is 897. The van der Waals surface area contributed by atoms with E-state index in [2.05, 4.69) is 17.4 Å². The Hall–Kier alpha value is -3.15. The van der Waals surface area contributed by atoms with E-state index in [-0.39, 0.29) is 24.8 Å². The number of rotatable bonds is 3. The first kappa shape index (κ1) is 18.2. The zero-order chi connectivity index (χ0) is 19.5. The second-order valence-electron chi connectivity index (χ2n) is 7.27.